The first-order valence-electron chi connectivity index (χ1n) is 5.48. The summed E-state index contributed by atoms with van der Waals surface area (Å²) >= 11 is 0. The molecule has 0 saturated carbocycles. The van der Waals surface area contributed by atoms with E-state index in [0.717, 1.165) is 11.8 Å². The van der Waals surface area contributed by atoms with Crippen LogP contribution < -0.4 is 0 Å². The molecule has 4 nitrogen and oxygen atoms in total. The highest BCUT2D eigenvalue weighted by Crippen LogP contribution is 2.23. The Labute approximate surface area is 100 Å². The fourth-order valence-corrected chi connectivity index (χ4v) is 1.54. The lowest BCUT2D eigenvalue weighted by Gasteiger charge is -2.18. The second-order valence-corrected chi connectivity index (χ2v) is 4.91. The highest BCUT2D eigenvalue weighted by atomic mass is 16.1. The molecule has 0 aliphatic heterocycles. The van der Waals surface area contributed by atoms with Crippen LogP contribution in [0.15, 0.2) is 30.7 Å². The lowest BCUT2D eigenvalue weighted by molar-refractivity contribution is 0.112. The van der Waals surface area contributed by atoms with Crippen LogP contribution in [0, 0.1) is 0 Å². The van der Waals surface area contributed by atoms with Crippen molar-refractivity contribution in [1.82, 2.24) is 14.8 Å². The normalized spacial score (nSPS) is 11.5. The predicted molar refractivity (Wildman–Crippen MR) is 65.8 cm³/mol. The Bertz CT molecular complexity index is 523. The Kier molecular flexibility index (Phi) is 2.79. The van der Waals surface area contributed by atoms with Crippen molar-refractivity contribution < 1.29 is 4.79 Å². The van der Waals surface area contributed by atoms with Gasteiger partial charge in [0.05, 0.1) is 11.1 Å². The maximum Gasteiger partial charge on any atom is 0.153 e. The number of carbonyl (C=O) groups is 1. The van der Waals surface area contributed by atoms with Gasteiger partial charge in [-0.2, -0.15) is 5.10 Å². The monoisotopic (exact) mass is 229 g/mol. The van der Waals surface area contributed by atoms with Gasteiger partial charge in [-0.15, -0.1) is 0 Å². The van der Waals surface area contributed by atoms with E-state index >= 15 is 0 Å². The Morgan fingerprint density at radius 3 is 2.65 bits per heavy atom. The van der Waals surface area contributed by atoms with Crippen molar-refractivity contribution in [3.05, 3.63) is 36.3 Å². The minimum absolute atomic E-state index is 0.141. The molecule has 0 amide bonds. The van der Waals surface area contributed by atoms with Gasteiger partial charge in [0.2, 0.25) is 0 Å². The Morgan fingerprint density at radius 2 is 2.12 bits per heavy atom. The summed E-state index contributed by atoms with van der Waals surface area (Å²) in [5.41, 5.74) is 1.99. The number of pyridine rings is 1. The first-order valence-corrected chi connectivity index (χ1v) is 5.48. The van der Waals surface area contributed by atoms with Gasteiger partial charge in [-0.1, -0.05) is 0 Å². The van der Waals surface area contributed by atoms with Crippen LogP contribution >= 0.6 is 0 Å². The molecule has 2 aromatic heterocycles. The predicted octanol–water partition coefficient (Wildman–Crippen LogP) is 2.51. The molecule has 88 valence electrons. The topological polar surface area (TPSA) is 47.8 Å². The van der Waals surface area contributed by atoms with E-state index in [2.05, 4.69) is 10.1 Å². The first-order chi connectivity index (χ1) is 8.02. The molecule has 2 rings (SSSR count). The van der Waals surface area contributed by atoms with Crippen LogP contribution in [0.5, 0.6) is 0 Å². The van der Waals surface area contributed by atoms with E-state index in [4.69, 9.17) is 0 Å². The number of hydrogen-bond donors (Lipinski definition) is 0. The van der Waals surface area contributed by atoms with Gasteiger partial charge in [-0.3, -0.25) is 14.5 Å². The number of aromatic nitrogens is 3. The molecule has 0 aromatic carbocycles. The van der Waals surface area contributed by atoms with Crippen molar-refractivity contribution in [1.29, 1.82) is 0 Å². The van der Waals surface area contributed by atoms with Gasteiger partial charge in [0.1, 0.15) is 5.69 Å². The molecule has 0 radical (unpaired) electrons. The molecule has 0 fully saturated rings. The second kappa shape index (κ2) is 4.13. The van der Waals surface area contributed by atoms with Crippen molar-refractivity contribution in [2.24, 2.45) is 0 Å². The van der Waals surface area contributed by atoms with Crippen LogP contribution in [-0.4, -0.2) is 21.1 Å². The Hall–Kier alpha value is -1.97. The van der Waals surface area contributed by atoms with Crippen molar-refractivity contribution in [3.63, 3.8) is 0 Å². The summed E-state index contributed by atoms with van der Waals surface area (Å²) in [4.78, 5) is 15.1. The number of hydrogen-bond acceptors (Lipinski definition) is 3. The maximum absolute atomic E-state index is 11.1. The van der Waals surface area contributed by atoms with Crippen LogP contribution in [0.25, 0.3) is 11.3 Å². The van der Waals surface area contributed by atoms with E-state index in [1.165, 1.54) is 0 Å². The number of carbonyl (C=O) groups excluding carboxylic acids is 1. The first kappa shape index (κ1) is 11.5. The third kappa shape index (κ3) is 2.25. The summed E-state index contributed by atoms with van der Waals surface area (Å²) in [7, 11) is 0. The molecule has 0 N–H and O–H groups in total. The highest BCUT2D eigenvalue weighted by molar-refractivity contribution is 5.85. The summed E-state index contributed by atoms with van der Waals surface area (Å²) in [5.74, 6) is 0. The molecule has 4 heteroatoms. The molecule has 2 aromatic rings. The molecule has 0 spiro atoms. The van der Waals surface area contributed by atoms with Gasteiger partial charge in [0.25, 0.3) is 0 Å². The molecule has 0 unspecified atom stereocenters. The molecule has 0 aliphatic carbocycles. The SMILES string of the molecule is CC(C)(C)n1cc(C=O)c(-c2cccnc2)n1. The summed E-state index contributed by atoms with van der Waals surface area (Å²) in [6, 6.07) is 3.73. The van der Waals surface area contributed by atoms with Crippen LogP contribution in [-0.2, 0) is 5.54 Å². The highest BCUT2D eigenvalue weighted by Gasteiger charge is 2.18. The fraction of sp³-hybridized carbons (Fsp3) is 0.308. The molecule has 0 bridgehead atoms. The zero-order chi connectivity index (χ0) is 12.5. The third-order valence-corrected chi connectivity index (χ3v) is 2.49. The third-order valence-electron chi connectivity index (χ3n) is 2.49. The van der Waals surface area contributed by atoms with Crippen molar-refractivity contribution in [2.45, 2.75) is 26.3 Å². The number of rotatable bonds is 2. The lowest BCUT2D eigenvalue weighted by atomic mass is 10.1. The summed E-state index contributed by atoms with van der Waals surface area (Å²) in [6.45, 7) is 6.13. The van der Waals surface area contributed by atoms with Crippen molar-refractivity contribution in [2.75, 3.05) is 0 Å². The van der Waals surface area contributed by atoms with E-state index in [-0.39, 0.29) is 5.54 Å². The van der Waals surface area contributed by atoms with Gasteiger partial charge in [0.15, 0.2) is 6.29 Å². The minimum atomic E-state index is -0.141. The fourth-order valence-electron chi connectivity index (χ4n) is 1.54. The van der Waals surface area contributed by atoms with Crippen molar-refractivity contribution >= 4 is 6.29 Å². The van der Waals surface area contributed by atoms with Crippen molar-refractivity contribution in [3.8, 4) is 11.3 Å². The molecule has 0 atom stereocenters. The minimum Gasteiger partial charge on any atom is -0.298 e. The van der Waals surface area contributed by atoms with Crippen LogP contribution in [0.1, 0.15) is 31.1 Å². The molecule has 0 saturated heterocycles. The van der Waals surface area contributed by atoms with E-state index in [9.17, 15) is 4.79 Å². The molecule has 2 heterocycles. The average Bonchev–Trinajstić information content (AvgIpc) is 2.73. The van der Waals surface area contributed by atoms with Gasteiger partial charge in [0, 0.05) is 24.2 Å². The van der Waals surface area contributed by atoms with E-state index < -0.39 is 0 Å². The van der Waals surface area contributed by atoms with Gasteiger partial charge in [-0.05, 0) is 32.9 Å². The zero-order valence-electron chi connectivity index (χ0n) is 10.2. The van der Waals surface area contributed by atoms with Crippen LogP contribution in [0.2, 0.25) is 0 Å². The maximum atomic E-state index is 11.1. The Balaban J connectivity index is 2.55. The smallest absolute Gasteiger partial charge is 0.153 e. The quantitative estimate of drug-likeness (QED) is 0.743. The summed E-state index contributed by atoms with van der Waals surface area (Å²) in [5, 5.41) is 4.47. The molecular weight excluding hydrogens is 214 g/mol. The van der Waals surface area contributed by atoms with E-state index in [1.54, 1.807) is 23.3 Å². The Morgan fingerprint density at radius 1 is 1.35 bits per heavy atom. The van der Waals surface area contributed by atoms with E-state index in [1.807, 2.05) is 32.9 Å². The lowest BCUT2D eigenvalue weighted by Crippen LogP contribution is -2.22. The van der Waals surface area contributed by atoms with Gasteiger partial charge < -0.3 is 0 Å². The molecular formula is C13H15N3O. The molecule has 17 heavy (non-hydrogen) atoms. The second-order valence-electron chi connectivity index (χ2n) is 4.91. The number of aldehydes is 1. The van der Waals surface area contributed by atoms with E-state index in [0.29, 0.717) is 11.3 Å². The average molecular weight is 229 g/mol. The van der Waals surface area contributed by atoms with Gasteiger partial charge in [-0.25, -0.2) is 0 Å². The van der Waals surface area contributed by atoms with Crippen LogP contribution in [0.3, 0.4) is 0 Å². The standard InChI is InChI=1S/C13H15N3O/c1-13(2,3)16-8-11(9-17)12(15-16)10-5-4-6-14-7-10/h4-9H,1-3H3. The summed E-state index contributed by atoms with van der Waals surface area (Å²) < 4.78 is 1.80. The molecule has 0 aliphatic rings. The number of nitrogens with zero attached hydrogens (tertiary/aromatic N) is 3. The van der Waals surface area contributed by atoms with Gasteiger partial charge >= 0.3 is 0 Å². The zero-order valence-corrected chi connectivity index (χ0v) is 10.2. The summed E-state index contributed by atoms with van der Waals surface area (Å²) in [6.07, 6.45) is 6.01. The largest absolute Gasteiger partial charge is 0.298 e. The van der Waals surface area contributed by atoms with Crippen LogP contribution in [0.4, 0.5) is 0 Å².